The average Bonchev–Trinajstić information content (AvgIpc) is 1.90. The number of hydrogen-bond acceptors (Lipinski definition) is 1. The van der Waals surface area contributed by atoms with E-state index in [4.69, 9.17) is 4.74 Å². The summed E-state index contributed by atoms with van der Waals surface area (Å²) in [6, 6.07) is 0. The van der Waals surface area contributed by atoms with Crippen molar-refractivity contribution < 1.29 is 4.74 Å². The third-order valence-electron chi connectivity index (χ3n) is 2.18. The van der Waals surface area contributed by atoms with Gasteiger partial charge in [0.2, 0.25) is 0 Å². The molecule has 0 bridgehead atoms. The molecule has 54 valence electrons. The molecule has 1 aliphatic rings. The highest BCUT2D eigenvalue weighted by Crippen LogP contribution is 2.20. The van der Waals surface area contributed by atoms with Gasteiger partial charge < -0.3 is 4.74 Å². The van der Waals surface area contributed by atoms with Gasteiger partial charge in [0.15, 0.2) is 0 Å². The van der Waals surface area contributed by atoms with E-state index in [1.807, 2.05) is 0 Å². The van der Waals surface area contributed by atoms with Gasteiger partial charge in [-0.25, -0.2) is 0 Å². The fourth-order valence-electron chi connectivity index (χ4n) is 1.26. The van der Waals surface area contributed by atoms with Crippen LogP contribution in [-0.2, 0) is 4.74 Å². The summed E-state index contributed by atoms with van der Waals surface area (Å²) in [6.07, 6.45) is 4.44. The van der Waals surface area contributed by atoms with E-state index in [1.54, 1.807) is 0 Å². The van der Waals surface area contributed by atoms with Crippen LogP contribution < -0.4 is 0 Å². The van der Waals surface area contributed by atoms with Crippen LogP contribution in [0.15, 0.2) is 0 Å². The van der Waals surface area contributed by atoms with Gasteiger partial charge in [-0.05, 0) is 25.7 Å². The monoisotopic (exact) mass is 128 g/mol. The summed E-state index contributed by atoms with van der Waals surface area (Å²) in [7, 11) is 0. The Morgan fingerprint density at radius 2 is 2.22 bits per heavy atom. The first-order chi connectivity index (χ1) is 4.33. The Labute approximate surface area is 57.4 Å². The Bertz CT molecular complexity index is 72.6. The van der Waals surface area contributed by atoms with Crippen molar-refractivity contribution in [2.45, 2.75) is 39.2 Å². The lowest BCUT2D eigenvalue weighted by Crippen LogP contribution is -2.22. The molecule has 0 aromatic rings. The molecule has 0 saturated carbocycles. The maximum absolute atomic E-state index is 5.48. The van der Waals surface area contributed by atoms with E-state index in [-0.39, 0.29) is 0 Å². The molecular formula is C8H16O. The average molecular weight is 128 g/mol. The molecule has 1 heteroatoms. The van der Waals surface area contributed by atoms with Gasteiger partial charge in [0.25, 0.3) is 0 Å². The minimum Gasteiger partial charge on any atom is -0.378 e. The highest BCUT2D eigenvalue weighted by Gasteiger charge is 2.15. The maximum Gasteiger partial charge on any atom is 0.0547 e. The molecule has 1 aliphatic heterocycles. The Kier molecular flexibility index (Phi) is 2.52. The zero-order valence-electron chi connectivity index (χ0n) is 6.39. The van der Waals surface area contributed by atoms with Crippen molar-refractivity contribution in [3.05, 3.63) is 0 Å². The highest BCUT2D eigenvalue weighted by atomic mass is 16.5. The van der Waals surface area contributed by atoms with Crippen LogP contribution in [0.5, 0.6) is 0 Å². The first-order valence-corrected chi connectivity index (χ1v) is 3.94. The predicted molar refractivity (Wildman–Crippen MR) is 38.4 cm³/mol. The lowest BCUT2D eigenvalue weighted by atomic mass is 9.97. The van der Waals surface area contributed by atoms with Gasteiger partial charge >= 0.3 is 0 Å². The fourth-order valence-corrected chi connectivity index (χ4v) is 1.26. The van der Waals surface area contributed by atoms with Crippen molar-refractivity contribution in [2.75, 3.05) is 6.61 Å². The van der Waals surface area contributed by atoms with Crippen LogP contribution in [0.2, 0.25) is 0 Å². The van der Waals surface area contributed by atoms with Gasteiger partial charge in [-0.2, -0.15) is 0 Å². The van der Waals surface area contributed by atoms with Crippen LogP contribution in [0.3, 0.4) is 0 Å². The molecule has 9 heavy (non-hydrogen) atoms. The van der Waals surface area contributed by atoms with Gasteiger partial charge in [-0.15, -0.1) is 0 Å². The van der Waals surface area contributed by atoms with Crippen LogP contribution in [0, 0.1) is 5.92 Å². The van der Waals surface area contributed by atoms with E-state index in [0.29, 0.717) is 6.10 Å². The molecule has 1 nitrogen and oxygen atoms in total. The molecule has 0 amide bonds. The molecule has 0 spiro atoms. The lowest BCUT2D eigenvalue weighted by molar-refractivity contribution is -0.00573. The summed E-state index contributed by atoms with van der Waals surface area (Å²) in [6.45, 7) is 5.40. The zero-order chi connectivity index (χ0) is 6.69. The lowest BCUT2D eigenvalue weighted by Gasteiger charge is -2.25. The van der Waals surface area contributed by atoms with Crippen LogP contribution in [-0.4, -0.2) is 12.7 Å². The third kappa shape index (κ3) is 1.98. The largest absolute Gasteiger partial charge is 0.378 e. The number of ether oxygens (including phenoxy) is 1. The van der Waals surface area contributed by atoms with Crippen LogP contribution in [0.25, 0.3) is 0 Å². The highest BCUT2D eigenvalue weighted by molar-refractivity contribution is 4.65. The fraction of sp³-hybridized carbons (Fsp3) is 1.00. The van der Waals surface area contributed by atoms with Gasteiger partial charge in [0, 0.05) is 6.61 Å². The van der Waals surface area contributed by atoms with Crippen molar-refractivity contribution in [3.8, 4) is 0 Å². The Morgan fingerprint density at radius 3 is 2.67 bits per heavy atom. The van der Waals surface area contributed by atoms with E-state index < -0.39 is 0 Å². The molecular weight excluding hydrogens is 112 g/mol. The normalized spacial score (nSPS) is 36.7. The summed E-state index contributed by atoms with van der Waals surface area (Å²) in [5, 5.41) is 0. The van der Waals surface area contributed by atoms with Crippen molar-refractivity contribution in [2.24, 2.45) is 5.92 Å². The number of hydrogen-bond donors (Lipinski definition) is 0. The quantitative estimate of drug-likeness (QED) is 0.526. The SMILES string of the molecule is CCC1CCC(C)OC1. The van der Waals surface area contributed by atoms with E-state index in [1.165, 1.54) is 19.3 Å². The smallest absolute Gasteiger partial charge is 0.0547 e. The molecule has 0 aliphatic carbocycles. The summed E-state index contributed by atoms with van der Waals surface area (Å²) >= 11 is 0. The summed E-state index contributed by atoms with van der Waals surface area (Å²) in [4.78, 5) is 0. The first-order valence-electron chi connectivity index (χ1n) is 3.94. The molecule has 2 unspecified atom stereocenters. The van der Waals surface area contributed by atoms with E-state index in [0.717, 1.165) is 12.5 Å². The maximum atomic E-state index is 5.48. The second kappa shape index (κ2) is 3.21. The van der Waals surface area contributed by atoms with Crippen LogP contribution in [0.4, 0.5) is 0 Å². The van der Waals surface area contributed by atoms with Gasteiger partial charge in [0.1, 0.15) is 0 Å². The standard InChI is InChI=1S/C8H16O/c1-3-8-5-4-7(2)9-6-8/h7-8H,3-6H2,1-2H3. The molecule has 0 radical (unpaired) electrons. The third-order valence-corrected chi connectivity index (χ3v) is 2.18. The molecule has 1 rings (SSSR count). The molecule has 0 N–H and O–H groups in total. The first kappa shape index (κ1) is 7.07. The molecule has 1 heterocycles. The molecule has 1 fully saturated rings. The Morgan fingerprint density at radius 1 is 1.44 bits per heavy atom. The molecule has 0 aromatic carbocycles. The van der Waals surface area contributed by atoms with E-state index in [9.17, 15) is 0 Å². The summed E-state index contributed by atoms with van der Waals surface area (Å²) in [5.74, 6) is 0.848. The second-order valence-corrected chi connectivity index (χ2v) is 3.00. The topological polar surface area (TPSA) is 9.23 Å². The van der Waals surface area contributed by atoms with E-state index in [2.05, 4.69) is 13.8 Å². The van der Waals surface area contributed by atoms with Gasteiger partial charge in [-0.3, -0.25) is 0 Å². The molecule has 0 aromatic heterocycles. The van der Waals surface area contributed by atoms with Crippen molar-refractivity contribution in [3.63, 3.8) is 0 Å². The predicted octanol–water partition coefficient (Wildman–Crippen LogP) is 2.21. The van der Waals surface area contributed by atoms with E-state index >= 15 is 0 Å². The number of rotatable bonds is 1. The Hall–Kier alpha value is -0.0400. The second-order valence-electron chi connectivity index (χ2n) is 3.00. The van der Waals surface area contributed by atoms with Gasteiger partial charge in [-0.1, -0.05) is 13.3 Å². The van der Waals surface area contributed by atoms with Gasteiger partial charge in [0.05, 0.1) is 6.10 Å². The van der Waals surface area contributed by atoms with Crippen LogP contribution in [0.1, 0.15) is 33.1 Å². The van der Waals surface area contributed by atoms with Crippen molar-refractivity contribution in [1.82, 2.24) is 0 Å². The van der Waals surface area contributed by atoms with Crippen molar-refractivity contribution >= 4 is 0 Å². The zero-order valence-corrected chi connectivity index (χ0v) is 6.39. The molecule has 1 saturated heterocycles. The minimum atomic E-state index is 0.521. The van der Waals surface area contributed by atoms with Crippen molar-refractivity contribution in [1.29, 1.82) is 0 Å². The summed E-state index contributed by atoms with van der Waals surface area (Å²) in [5.41, 5.74) is 0. The minimum absolute atomic E-state index is 0.521. The molecule has 2 atom stereocenters. The Balaban J connectivity index is 2.18. The summed E-state index contributed by atoms with van der Waals surface area (Å²) < 4.78 is 5.48. The van der Waals surface area contributed by atoms with Crippen LogP contribution >= 0.6 is 0 Å².